The van der Waals surface area contributed by atoms with Crippen LogP contribution in [0.4, 0.5) is 0 Å². The van der Waals surface area contributed by atoms with Gasteiger partial charge >= 0.3 is 0 Å². The van der Waals surface area contributed by atoms with Gasteiger partial charge in [-0.25, -0.2) is 0 Å². The first-order valence-electron chi connectivity index (χ1n) is 11.6. The second-order valence-corrected chi connectivity index (χ2v) is 9.03. The Morgan fingerprint density at radius 2 is 1.90 bits per heavy atom. The van der Waals surface area contributed by atoms with Crippen LogP contribution in [0.25, 0.3) is 0 Å². The molecule has 5 atom stereocenters. The number of hydrogen-bond donors (Lipinski definition) is 1. The first kappa shape index (κ1) is 21.0. The minimum absolute atomic E-state index is 0.0944. The average Bonchev–Trinajstić information content (AvgIpc) is 3.20. The standard InChI is InChI=1S/C24H37NO4/c1-17-14-25-15-20(17)18(2)16-28-24-19(21-9-3-5-12-26-21)8-7-10-22(24)29-23-11-4-6-13-27-23/h7-8,10,17-18,20-21,23,25H,3-6,9,11-16H2,1-2H3. The van der Waals surface area contributed by atoms with Crippen LogP contribution in [0.2, 0.25) is 0 Å². The molecule has 1 aromatic carbocycles. The second kappa shape index (κ2) is 10.1. The van der Waals surface area contributed by atoms with E-state index in [0.717, 1.165) is 75.5 Å². The molecule has 4 rings (SSSR count). The van der Waals surface area contributed by atoms with Crippen LogP contribution >= 0.6 is 0 Å². The third kappa shape index (κ3) is 5.25. The molecule has 3 saturated heterocycles. The van der Waals surface area contributed by atoms with Crippen molar-refractivity contribution in [2.45, 2.75) is 64.8 Å². The molecule has 162 valence electrons. The summed E-state index contributed by atoms with van der Waals surface area (Å²) in [6.07, 6.45) is 6.50. The zero-order valence-electron chi connectivity index (χ0n) is 18.0. The van der Waals surface area contributed by atoms with Crippen molar-refractivity contribution in [3.63, 3.8) is 0 Å². The highest BCUT2D eigenvalue weighted by Gasteiger charge is 2.30. The van der Waals surface area contributed by atoms with E-state index in [4.69, 9.17) is 18.9 Å². The summed E-state index contributed by atoms with van der Waals surface area (Å²) < 4.78 is 24.7. The third-order valence-corrected chi connectivity index (χ3v) is 6.73. The fraction of sp³-hybridized carbons (Fsp3) is 0.750. The molecule has 5 heteroatoms. The Kier molecular flexibility index (Phi) is 7.33. The molecule has 0 aliphatic carbocycles. The maximum Gasteiger partial charge on any atom is 0.200 e. The van der Waals surface area contributed by atoms with E-state index >= 15 is 0 Å². The highest BCUT2D eigenvalue weighted by molar-refractivity contribution is 5.48. The Morgan fingerprint density at radius 3 is 2.59 bits per heavy atom. The molecule has 5 nitrogen and oxygen atoms in total. The molecule has 1 aromatic rings. The Labute approximate surface area is 175 Å². The Hall–Kier alpha value is -1.30. The molecular weight excluding hydrogens is 366 g/mol. The van der Waals surface area contributed by atoms with Crippen molar-refractivity contribution >= 4 is 0 Å². The van der Waals surface area contributed by atoms with Crippen LogP contribution in [0, 0.1) is 17.8 Å². The monoisotopic (exact) mass is 403 g/mol. The molecule has 3 aliphatic heterocycles. The van der Waals surface area contributed by atoms with E-state index < -0.39 is 0 Å². The summed E-state index contributed by atoms with van der Waals surface area (Å²) in [5.41, 5.74) is 1.13. The van der Waals surface area contributed by atoms with Crippen molar-refractivity contribution in [1.82, 2.24) is 5.32 Å². The maximum atomic E-state index is 6.50. The lowest BCUT2D eigenvalue weighted by Crippen LogP contribution is -2.27. The van der Waals surface area contributed by atoms with Crippen molar-refractivity contribution in [2.75, 3.05) is 32.9 Å². The van der Waals surface area contributed by atoms with Gasteiger partial charge in [-0.3, -0.25) is 0 Å². The van der Waals surface area contributed by atoms with Crippen LogP contribution in [0.5, 0.6) is 11.5 Å². The van der Waals surface area contributed by atoms with Gasteiger partial charge in [0.15, 0.2) is 17.8 Å². The molecule has 3 heterocycles. The summed E-state index contributed by atoms with van der Waals surface area (Å²) in [6, 6.07) is 6.22. The fourth-order valence-electron chi connectivity index (χ4n) is 4.90. The van der Waals surface area contributed by atoms with Crippen molar-refractivity contribution < 1.29 is 18.9 Å². The normalized spacial score (nSPS) is 31.4. The zero-order chi connectivity index (χ0) is 20.1. The predicted molar refractivity (Wildman–Crippen MR) is 113 cm³/mol. The summed E-state index contributed by atoms with van der Waals surface area (Å²) >= 11 is 0. The van der Waals surface area contributed by atoms with Crippen LogP contribution in [-0.4, -0.2) is 39.2 Å². The lowest BCUT2D eigenvalue weighted by Gasteiger charge is -2.29. The van der Waals surface area contributed by atoms with Gasteiger partial charge in [0.1, 0.15) is 0 Å². The van der Waals surface area contributed by atoms with Crippen molar-refractivity contribution in [1.29, 1.82) is 0 Å². The van der Waals surface area contributed by atoms with Gasteiger partial charge in [0.05, 0.1) is 19.3 Å². The van der Waals surface area contributed by atoms with Gasteiger partial charge < -0.3 is 24.3 Å². The Bertz CT molecular complexity index is 640. The van der Waals surface area contributed by atoms with Crippen molar-refractivity contribution in [3.8, 4) is 11.5 Å². The average molecular weight is 404 g/mol. The van der Waals surface area contributed by atoms with Gasteiger partial charge in [-0.15, -0.1) is 0 Å². The van der Waals surface area contributed by atoms with E-state index in [9.17, 15) is 0 Å². The molecule has 5 unspecified atom stereocenters. The lowest BCUT2D eigenvalue weighted by molar-refractivity contribution is -0.107. The molecule has 1 N–H and O–H groups in total. The fourth-order valence-corrected chi connectivity index (χ4v) is 4.90. The Balaban J connectivity index is 1.52. The van der Waals surface area contributed by atoms with Crippen LogP contribution in [-0.2, 0) is 9.47 Å². The second-order valence-electron chi connectivity index (χ2n) is 9.03. The minimum atomic E-state index is -0.176. The summed E-state index contributed by atoms with van der Waals surface area (Å²) in [5.74, 6) is 3.49. The van der Waals surface area contributed by atoms with E-state index in [-0.39, 0.29) is 12.4 Å². The number of para-hydroxylation sites is 1. The number of benzene rings is 1. The SMILES string of the molecule is CC1CNCC1C(C)COc1c(OC2CCCCO2)cccc1C1CCCCO1. The summed E-state index contributed by atoms with van der Waals surface area (Å²) in [7, 11) is 0. The van der Waals surface area contributed by atoms with E-state index in [0.29, 0.717) is 24.4 Å². The van der Waals surface area contributed by atoms with Gasteiger partial charge in [0.2, 0.25) is 0 Å². The predicted octanol–water partition coefficient (Wildman–Crippen LogP) is 4.70. The van der Waals surface area contributed by atoms with Gasteiger partial charge in [0, 0.05) is 18.6 Å². The van der Waals surface area contributed by atoms with E-state index in [1.54, 1.807) is 0 Å². The quantitative estimate of drug-likeness (QED) is 0.715. The smallest absolute Gasteiger partial charge is 0.200 e. The van der Waals surface area contributed by atoms with Crippen LogP contribution < -0.4 is 14.8 Å². The topological polar surface area (TPSA) is 49.0 Å². The molecule has 0 aromatic heterocycles. The molecule has 0 spiro atoms. The first-order chi connectivity index (χ1) is 14.2. The highest BCUT2D eigenvalue weighted by atomic mass is 16.7. The van der Waals surface area contributed by atoms with E-state index in [1.165, 1.54) is 6.42 Å². The molecule has 0 radical (unpaired) electrons. The first-order valence-corrected chi connectivity index (χ1v) is 11.6. The lowest BCUT2D eigenvalue weighted by atomic mass is 9.87. The number of hydrogen-bond acceptors (Lipinski definition) is 5. The van der Waals surface area contributed by atoms with Crippen molar-refractivity contribution in [3.05, 3.63) is 23.8 Å². The molecule has 0 bridgehead atoms. The molecular formula is C24H37NO4. The summed E-state index contributed by atoms with van der Waals surface area (Å²) in [5, 5.41) is 3.51. The maximum absolute atomic E-state index is 6.50. The van der Waals surface area contributed by atoms with Crippen LogP contribution in [0.3, 0.4) is 0 Å². The van der Waals surface area contributed by atoms with Gasteiger partial charge in [-0.1, -0.05) is 26.0 Å². The summed E-state index contributed by atoms with van der Waals surface area (Å²) in [4.78, 5) is 0. The van der Waals surface area contributed by atoms with Crippen LogP contribution in [0.15, 0.2) is 18.2 Å². The molecule has 3 aliphatic rings. The van der Waals surface area contributed by atoms with E-state index in [2.05, 4.69) is 31.3 Å². The van der Waals surface area contributed by atoms with E-state index in [1.807, 2.05) is 6.07 Å². The van der Waals surface area contributed by atoms with Gasteiger partial charge in [-0.05, 0) is 69.0 Å². The number of rotatable bonds is 7. The molecule has 0 saturated carbocycles. The zero-order valence-corrected chi connectivity index (χ0v) is 18.0. The molecule has 0 amide bonds. The van der Waals surface area contributed by atoms with Crippen molar-refractivity contribution in [2.24, 2.45) is 17.8 Å². The Morgan fingerprint density at radius 1 is 1.07 bits per heavy atom. The summed E-state index contributed by atoms with van der Waals surface area (Å²) in [6.45, 7) is 9.12. The molecule has 29 heavy (non-hydrogen) atoms. The van der Waals surface area contributed by atoms with Gasteiger partial charge in [0.25, 0.3) is 0 Å². The third-order valence-electron chi connectivity index (χ3n) is 6.73. The van der Waals surface area contributed by atoms with Gasteiger partial charge in [-0.2, -0.15) is 0 Å². The molecule has 3 fully saturated rings. The number of nitrogens with one attached hydrogen (secondary N) is 1. The minimum Gasteiger partial charge on any atom is -0.489 e. The largest absolute Gasteiger partial charge is 0.489 e. The highest BCUT2D eigenvalue weighted by Crippen LogP contribution is 2.41. The van der Waals surface area contributed by atoms with Crippen LogP contribution in [0.1, 0.15) is 64.0 Å². The number of ether oxygens (including phenoxy) is 4.